The van der Waals surface area contributed by atoms with Gasteiger partial charge in [-0.15, -0.1) is 0 Å². The van der Waals surface area contributed by atoms with E-state index in [0.717, 1.165) is 0 Å². The van der Waals surface area contributed by atoms with Gasteiger partial charge in [-0.05, 0) is 55.6 Å². The molecule has 19 heavy (non-hydrogen) atoms. The summed E-state index contributed by atoms with van der Waals surface area (Å²) in [6.07, 6.45) is 0.0133. The van der Waals surface area contributed by atoms with Gasteiger partial charge in [0.2, 0.25) is 0 Å². The van der Waals surface area contributed by atoms with Gasteiger partial charge in [0, 0.05) is 12.0 Å². The third-order valence-corrected chi connectivity index (χ3v) is 4.16. The molecule has 0 fully saturated rings. The lowest BCUT2D eigenvalue weighted by atomic mass is 10.0. The van der Waals surface area contributed by atoms with Crippen molar-refractivity contribution in [1.82, 2.24) is 0 Å². The molecule has 0 N–H and O–H groups in total. The number of ketones is 1. The lowest BCUT2D eigenvalue weighted by Gasteiger charge is -2.05. The number of hydrogen-bond acceptors (Lipinski definition) is 1. The average Bonchev–Trinajstić information content (AvgIpc) is 2.38. The molecule has 2 aromatic rings. The van der Waals surface area contributed by atoms with Gasteiger partial charge in [0.15, 0.2) is 5.78 Å². The van der Waals surface area contributed by atoms with E-state index in [0.29, 0.717) is 10.0 Å². The van der Waals surface area contributed by atoms with E-state index < -0.39 is 11.6 Å². The molecule has 1 nitrogen and oxygen atoms in total. The number of carbonyl (C=O) groups is 1. The summed E-state index contributed by atoms with van der Waals surface area (Å²) in [5.41, 5.74) is 0.796. The molecular weight excluding hydrogens is 382 g/mol. The maximum Gasteiger partial charge on any atom is 0.167 e. The van der Waals surface area contributed by atoms with Crippen LogP contribution < -0.4 is 0 Å². The van der Waals surface area contributed by atoms with Crippen LogP contribution in [0.25, 0.3) is 0 Å². The van der Waals surface area contributed by atoms with Gasteiger partial charge in [0.25, 0.3) is 0 Å². The second-order valence-electron chi connectivity index (χ2n) is 3.94. The molecule has 0 saturated heterocycles. The maximum absolute atomic E-state index is 13.4. The van der Waals surface area contributed by atoms with Gasteiger partial charge in [-0.3, -0.25) is 4.79 Å². The average molecular weight is 390 g/mol. The quantitative estimate of drug-likeness (QED) is 0.681. The molecule has 0 bridgehead atoms. The fourth-order valence-corrected chi connectivity index (χ4v) is 2.28. The molecule has 98 valence electrons. The third-order valence-electron chi connectivity index (χ3n) is 2.62. The lowest BCUT2D eigenvalue weighted by molar-refractivity contribution is 0.0992. The Kier molecular flexibility index (Phi) is 4.47. The number of carbonyl (C=O) groups excluding carboxylic acids is 1. The van der Waals surface area contributed by atoms with Crippen LogP contribution in [0.15, 0.2) is 45.3 Å². The van der Waals surface area contributed by atoms with Crippen molar-refractivity contribution in [2.75, 3.05) is 0 Å². The first-order valence-electron chi connectivity index (χ1n) is 5.40. The van der Waals surface area contributed by atoms with E-state index in [1.807, 2.05) is 0 Å². The Labute approximate surface area is 125 Å². The van der Waals surface area contributed by atoms with E-state index in [2.05, 4.69) is 31.9 Å². The van der Waals surface area contributed by atoms with Crippen LogP contribution >= 0.6 is 31.9 Å². The summed E-state index contributed by atoms with van der Waals surface area (Å²) in [7, 11) is 0. The molecule has 0 radical (unpaired) electrons. The van der Waals surface area contributed by atoms with Crippen LogP contribution in [0, 0.1) is 11.6 Å². The molecule has 2 aromatic carbocycles. The Balaban J connectivity index is 2.26. The summed E-state index contributed by atoms with van der Waals surface area (Å²) in [5.74, 6) is -1.19. The number of Topliss-reactive ketones (excluding diaryl/α,β-unsaturated/α-hetero) is 1. The van der Waals surface area contributed by atoms with Crippen LogP contribution in [0.3, 0.4) is 0 Å². The van der Waals surface area contributed by atoms with E-state index in [1.165, 1.54) is 30.3 Å². The molecule has 0 spiro atoms. The summed E-state index contributed by atoms with van der Waals surface area (Å²) >= 11 is 6.12. The van der Waals surface area contributed by atoms with Crippen LogP contribution in [0.5, 0.6) is 0 Å². The van der Waals surface area contributed by atoms with E-state index in [9.17, 15) is 13.6 Å². The minimum Gasteiger partial charge on any atom is -0.294 e. The molecule has 5 heteroatoms. The minimum absolute atomic E-state index is 0.0133. The zero-order valence-electron chi connectivity index (χ0n) is 9.59. The number of benzene rings is 2. The van der Waals surface area contributed by atoms with E-state index >= 15 is 0 Å². The van der Waals surface area contributed by atoms with Gasteiger partial charge in [-0.1, -0.05) is 18.2 Å². The monoisotopic (exact) mass is 388 g/mol. The van der Waals surface area contributed by atoms with Gasteiger partial charge in [-0.2, -0.15) is 0 Å². The van der Waals surface area contributed by atoms with E-state index in [1.54, 1.807) is 6.07 Å². The Hall–Kier alpha value is -1.07. The molecule has 0 atom stereocenters. The van der Waals surface area contributed by atoms with E-state index in [-0.39, 0.29) is 22.2 Å². The standard InChI is InChI=1S/C14H8Br2F2O/c15-10-5-4-8(6-12(10)18)13(19)7-9-2-1-3-11(17)14(9)16/h1-6H,7H2. The second-order valence-corrected chi connectivity index (χ2v) is 5.59. The maximum atomic E-state index is 13.4. The highest BCUT2D eigenvalue weighted by Crippen LogP contribution is 2.23. The second kappa shape index (κ2) is 5.92. The summed E-state index contributed by atoms with van der Waals surface area (Å²) in [6.45, 7) is 0. The van der Waals surface area contributed by atoms with E-state index in [4.69, 9.17) is 0 Å². The summed E-state index contributed by atoms with van der Waals surface area (Å²) in [4.78, 5) is 12.0. The molecule has 2 rings (SSSR count). The highest BCUT2D eigenvalue weighted by molar-refractivity contribution is 9.10. The van der Waals surface area contributed by atoms with Crippen LogP contribution in [0.2, 0.25) is 0 Å². The smallest absolute Gasteiger partial charge is 0.167 e. The number of hydrogen-bond donors (Lipinski definition) is 0. The minimum atomic E-state index is -0.496. The highest BCUT2D eigenvalue weighted by atomic mass is 79.9. The molecule has 0 aromatic heterocycles. The van der Waals surface area contributed by atoms with Crippen molar-refractivity contribution in [3.8, 4) is 0 Å². The molecule has 0 heterocycles. The number of halogens is 4. The van der Waals surface area contributed by atoms with Crippen LogP contribution in [0.1, 0.15) is 15.9 Å². The van der Waals surface area contributed by atoms with Crippen molar-refractivity contribution in [3.05, 3.63) is 68.1 Å². The van der Waals surface area contributed by atoms with Gasteiger partial charge >= 0.3 is 0 Å². The Morgan fingerprint density at radius 3 is 2.47 bits per heavy atom. The zero-order valence-corrected chi connectivity index (χ0v) is 12.8. The van der Waals surface area contributed by atoms with Crippen LogP contribution in [-0.2, 0) is 6.42 Å². The Morgan fingerprint density at radius 2 is 1.79 bits per heavy atom. The van der Waals surface area contributed by atoms with Gasteiger partial charge in [-0.25, -0.2) is 8.78 Å². The van der Waals surface area contributed by atoms with Crippen molar-refractivity contribution in [1.29, 1.82) is 0 Å². The molecule has 0 unspecified atom stereocenters. The first-order valence-corrected chi connectivity index (χ1v) is 6.99. The molecule has 0 aliphatic carbocycles. The summed E-state index contributed by atoms with van der Waals surface area (Å²) in [6, 6.07) is 8.66. The normalized spacial score (nSPS) is 10.5. The van der Waals surface area contributed by atoms with Crippen LogP contribution in [0.4, 0.5) is 8.78 Å². The Bertz CT molecular complexity index is 641. The molecule has 0 amide bonds. The van der Waals surface area contributed by atoms with Crippen molar-refractivity contribution >= 4 is 37.6 Å². The fourth-order valence-electron chi connectivity index (χ4n) is 1.63. The summed E-state index contributed by atoms with van der Waals surface area (Å²) < 4.78 is 27.2. The lowest BCUT2D eigenvalue weighted by Crippen LogP contribution is -2.05. The van der Waals surface area contributed by atoms with Crippen molar-refractivity contribution in [2.45, 2.75) is 6.42 Å². The number of rotatable bonds is 3. The SMILES string of the molecule is O=C(Cc1cccc(F)c1Br)c1ccc(Br)c(F)c1. The third kappa shape index (κ3) is 3.28. The molecule has 0 aliphatic heterocycles. The zero-order chi connectivity index (χ0) is 14.0. The topological polar surface area (TPSA) is 17.1 Å². The van der Waals surface area contributed by atoms with Crippen molar-refractivity contribution < 1.29 is 13.6 Å². The van der Waals surface area contributed by atoms with Gasteiger partial charge < -0.3 is 0 Å². The predicted octanol–water partition coefficient (Wildman–Crippen LogP) is 4.92. The van der Waals surface area contributed by atoms with Crippen molar-refractivity contribution in [3.63, 3.8) is 0 Å². The largest absolute Gasteiger partial charge is 0.294 e. The highest BCUT2D eigenvalue weighted by Gasteiger charge is 2.13. The van der Waals surface area contributed by atoms with Crippen LogP contribution in [-0.4, -0.2) is 5.78 Å². The van der Waals surface area contributed by atoms with Gasteiger partial charge in [0.1, 0.15) is 11.6 Å². The van der Waals surface area contributed by atoms with Crippen molar-refractivity contribution in [2.24, 2.45) is 0 Å². The molecular formula is C14H8Br2F2O. The fraction of sp³-hybridized carbons (Fsp3) is 0.0714. The summed E-state index contributed by atoms with van der Waals surface area (Å²) in [5, 5.41) is 0. The molecule has 0 saturated carbocycles. The predicted molar refractivity (Wildman–Crippen MR) is 76.2 cm³/mol. The Morgan fingerprint density at radius 1 is 1.05 bits per heavy atom. The first-order chi connectivity index (χ1) is 8.99. The molecule has 0 aliphatic rings. The van der Waals surface area contributed by atoms with Gasteiger partial charge in [0.05, 0.1) is 8.95 Å². The first kappa shape index (κ1) is 14.3.